The first-order valence-electron chi connectivity index (χ1n) is 4.31. The number of hydrogen-bond donors (Lipinski definition) is 0. The molecule has 0 aromatic carbocycles. The van der Waals surface area contributed by atoms with Crippen molar-refractivity contribution in [1.82, 2.24) is 0 Å². The number of fused-ring (bicyclic) bond motifs is 2. The highest BCUT2D eigenvalue weighted by molar-refractivity contribution is 5.00. The van der Waals surface area contributed by atoms with E-state index in [1.165, 1.54) is 14.2 Å². The fourth-order valence-corrected chi connectivity index (χ4v) is 1.93. The minimum atomic E-state index is -3.08. The fourth-order valence-electron chi connectivity index (χ4n) is 1.93. The Morgan fingerprint density at radius 3 is 2.43 bits per heavy atom. The standard InChI is InChI=1S/C8H12F2O4/c1-11-5-4-3-13-7(14-4)6(12-2)8(5,9)10/h4-7H,3H2,1-2H3/t4-,5-,6+,7-/m1/s1. The molecule has 0 N–H and O–H groups in total. The Hall–Kier alpha value is -0.300. The van der Waals surface area contributed by atoms with Crippen LogP contribution in [0.25, 0.3) is 0 Å². The SMILES string of the molecule is CO[C@@H]1[C@H]2CO[C@H](O2)[C@H](OC)C1(F)F. The Morgan fingerprint density at radius 2 is 1.86 bits per heavy atom. The predicted molar refractivity (Wildman–Crippen MR) is 41.2 cm³/mol. The van der Waals surface area contributed by atoms with Crippen molar-refractivity contribution in [3.05, 3.63) is 0 Å². The van der Waals surface area contributed by atoms with Crippen molar-refractivity contribution in [3.63, 3.8) is 0 Å². The lowest BCUT2D eigenvalue weighted by Gasteiger charge is -2.38. The van der Waals surface area contributed by atoms with Crippen LogP contribution in [0.3, 0.4) is 0 Å². The van der Waals surface area contributed by atoms with Crippen LogP contribution < -0.4 is 0 Å². The maximum atomic E-state index is 13.7. The average molecular weight is 210 g/mol. The quantitative estimate of drug-likeness (QED) is 0.661. The Morgan fingerprint density at radius 1 is 1.21 bits per heavy atom. The topological polar surface area (TPSA) is 36.9 Å². The van der Waals surface area contributed by atoms with E-state index in [1.807, 2.05) is 0 Å². The Bertz CT molecular complexity index is 203. The van der Waals surface area contributed by atoms with E-state index in [2.05, 4.69) is 4.74 Å². The van der Waals surface area contributed by atoms with Crippen LogP contribution in [0.5, 0.6) is 0 Å². The molecule has 0 amide bonds. The number of hydrogen-bond acceptors (Lipinski definition) is 4. The molecule has 82 valence electrons. The molecular weight excluding hydrogens is 198 g/mol. The zero-order chi connectivity index (χ0) is 10.3. The Labute approximate surface area is 80.1 Å². The van der Waals surface area contributed by atoms with Crippen LogP contribution in [0.15, 0.2) is 0 Å². The summed E-state index contributed by atoms with van der Waals surface area (Å²) in [6.45, 7) is 0.124. The lowest BCUT2D eigenvalue weighted by Crippen LogP contribution is -2.60. The van der Waals surface area contributed by atoms with E-state index < -0.39 is 30.5 Å². The maximum Gasteiger partial charge on any atom is 0.306 e. The zero-order valence-corrected chi connectivity index (χ0v) is 7.91. The highest BCUT2D eigenvalue weighted by Gasteiger charge is 2.63. The van der Waals surface area contributed by atoms with E-state index in [9.17, 15) is 8.78 Å². The van der Waals surface area contributed by atoms with Crippen molar-refractivity contribution in [2.45, 2.75) is 30.5 Å². The number of rotatable bonds is 2. The van der Waals surface area contributed by atoms with Crippen molar-refractivity contribution in [2.75, 3.05) is 20.8 Å². The minimum Gasteiger partial charge on any atom is -0.372 e. The fraction of sp³-hybridized carbons (Fsp3) is 1.00. The number of alkyl halides is 2. The molecule has 2 bridgehead atoms. The number of methoxy groups -OCH3 is 2. The van der Waals surface area contributed by atoms with Gasteiger partial charge < -0.3 is 18.9 Å². The zero-order valence-electron chi connectivity index (χ0n) is 7.91. The smallest absolute Gasteiger partial charge is 0.306 e. The first-order chi connectivity index (χ1) is 6.61. The molecular formula is C8H12F2O4. The molecule has 14 heavy (non-hydrogen) atoms. The molecule has 0 unspecified atom stereocenters. The van der Waals surface area contributed by atoms with Gasteiger partial charge in [0.05, 0.1) is 6.61 Å². The van der Waals surface area contributed by atoms with Gasteiger partial charge in [0.25, 0.3) is 0 Å². The second-order valence-corrected chi connectivity index (χ2v) is 3.36. The lowest BCUT2D eigenvalue weighted by atomic mass is 9.99. The van der Waals surface area contributed by atoms with Crippen molar-refractivity contribution < 1.29 is 27.7 Å². The summed E-state index contributed by atoms with van der Waals surface area (Å²) >= 11 is 0. The van der Waals surface area contributed by atoms with Crippen LogP contribution in [0.4, 0.5) is 8.78 Å². The summed E-state index contributed by atoms with van der Waals surface area (Å²) in [5.74, 6) is -3.08. The summed E-state index contributed by atoms with van der Waals surface area (Å²) in [6, 6.07) is 0. The van der Waals surface area contributed by atoms with Crippen molar-refractivity contribution >= 4 is 0 Å². The van der Waals surface area contributed by atoms with Crippen LogP contribution in [-0.4, -0.2) is 51.4 Å². The summed E-state index contributed by atoms with van der Waals surface area (Å²) in [4.78, 5) is 0. The molecule has 2 aliphatic rings. The van der Waals surface area contributed by atoms with E-state index in [4.69, 9.17) is 14.2 Å². The van der Waals surface area contributed by atoms with Gasteiger partial charge in [-0.1, -0.05) is 0 Å². The first-order valence-corrected chi connectivity index (χ1v) is 4.31. The van der Waals surface area contributed by atoms with Gasteiger partial charge in [-0.05, 0) is 0 Å². The van der Waals surface area contributed by atoms with Crippen molar-refractivity contribution in [2.24, 2.45) is 0 Å². The van der Waals surface area contributed by atoms with Gasteiger partial charge in [-0.2, -0.15) is 0 Å². The summed E-state index contributed by atoms with van der Waals surface area (Å²) in [6.07, 6.45) is -4.38. The van der Waals surface area contributed by atoms with Gasteiger partial charge in [-0.3, -0.25) is 0 Å². The molecule has 2 heterocycles. The van der Waals surface area contributed by atoms with Gasteiger partial charge in [0, 0.05) is 14.2 Å². The van der Waals surface area contributed by atoms with Crippen molar-refractivity contribution in [3.8, 4) is 0 Å². The van der Waals surface area contributed by atoms with E-state index in [0.29, 0.717) is 0 Å². The van der Waals surface area contributed by atoms with E-state index in [-0.39, 0.29) is 6.61 Å². The second-order valence-electron chi connectivity index (χ2n) is 3.36. The monoisotopic (exact) mass is 210 g/mol. The van der Waals surface area contributed by atoms with Gasteiger partial charge in [0.15, 0.2) is 18.5 Å². The summed E-state index contributed by atoms with van der Waals surface area (Å²) in [5.41, 5.74) is 0. The largest absolute Gasteiger partial charge is 0.372 e. The van der Waals surface area contributed by atoms with Crippen molar-refractivity contribution in [1.29, 1.82) is 0 Å². The van der Waals surface area contributed by atoms with E-state index >= 15 is 0 Å². The summed E-state index contributed by atoms with van der Waals surface area (Å²) in [5, 5.41) is 0. The molecule has 2 fully saturated rings. The Balaban J connectivity index is 2.26. The molecule has 0 spiro atoms. The Kier molecular flexibility index (Phi) is 2.46. The summed E-state index contributed by atoms with van der Waals surface area (Å²) in [7, 11) is 2.43. The maximum absolute atomic E-state index is 13.7. The van der Waals surface area contributed by atoms with Gasteiger partial charge in [0.1, 0.15) is 6.10 Å². The van der Waals surface area contributed by atoms with Gasteiger partial charge >= 0.3 is 5.92 Å². The van der Waals surface area contributed by atoms with Crippen LogP contribution in [0.1, 0.15) is 0 Å². The van der Waals surface area contributed by atoms with E-state index in [1.54, 1.807) is 0 Å². The molecule has 0 saturated carbocycles. The predicted octanol–water partition coefficient (Wildman–Crippen LogP) is 0.407. The van der Waals surface area contributed by atoms with E-state index in [0.717, 1.165) is 0 Å². The summed E-state index contributed by atoms with van der Waals surface area (Å²) < 4.78 is 47.0. The minimum absolute atomic E-state index is 0.124. The third kappa shape index (κ3) is 1.25. The molecule has 6 heteroatoms. The third-order valence-electron chi connectivity index (χ3n) is 2.59. The highest BCUT2D eigenvalue weighted by atomic mass is 19.3. The second kappa shape index (κ2) is 3.37. The van der Waals surface area contributed by atoms with Crippen LogP contribution in [0, 0.1) is 0 Å². The molecule has 4 nitrogen and oxygen atoms in total. The average Bonchev–Trinajstić information content (AvgIpc) is 2.51. The highest BCUT2D eigenvalue weighted by Crippen LogP contribution is 2.41. The lowest BCUT2D eigenvalue weighted by molar-refractivity contribution is -0.301. The normalized spacial score (nSPS) is 45.4. The molecule has 0 aromatic rings. The molecule has 0 aromatic heterocycles. The molecule has 0 aliphatic carbocycles. The van der Waals surface area contributed by atoms with Gasteiger partial charge in [-0.25, -0.2) is 8.78 Å². The van der Waals surface area contributed by atoms with Gasteiger partial charge in [-0.15, -0.1) is 0 Å². The number of halogens is 2. The van der Waals surface area contributed by atoms with Gasteiger partial charge in [0.2, 0.25) is 0 Å². The van der Waals surface area contributed by atoms with Crippen LogP contribution in [-0.2, 0) is 18.9 Å². The molecule has 4 atom stereocenters. The molecule has 2 saturated heterocycles. The first kappa shape index (κ1) is 10.2. The van der Waals surface area contributed by atoms with Crippen LogP contribution in [0.2, 0.25) is 0 Å². The number of ether oxygens (including phenoxy) is 4. The molecule has 2 aliphatic heterocycles. The molecule has 0 radical (unpaired) electrons. The third-order valence-corrected chi connectivity index (χ3v) is 2.59. The van der Waals surface area contributed by atoms with Crippen LogP contribution >= 0.6 is 0 Å². The molecule has 2 rings (SSSR count).